The van der Waals surface area contributed by atoms with Gasteiger partial charge in [0.15, 0.2) is 0 Å². The molecule has 0 unspecified atom stereocenters. The van der Waals surface area contributed by atoms with Gasteiger partial charge in [0.2, 0.25) is 0 Å². The SMILES string of the molecule is CCN(C(=O)c1cc(NCc2ccccc2F)ccn1)c1cccc(C)c1. The molecule has 0 radical (unpaired) electrons. The molecule has 138 valence electrons. The molecule has 1 aromatic heterocycles. The quantitative estimate of drug-likeness (QED) is 0.684. The van der Waals surface area contributed by atoms with E-state index < -0.39 is 0 Å². The second-order valence-electron chi connectivity index (χ2n) is 6.26. The molecule has 0 aliphatic carbocycles. The molecule has 4 nitrogen and oxygen atoms in total. The van der Waals surface area contributed by atoms with E-state index in [0.29, 0.717) is 24.3 Å². The summed E-state index contributed by atoms with van der Waals surface area (Å²) in [6, 6.07) is 17.9. The number of amides is 1. The van der Waals surface area contributed by atoms with Crippen molar-refractivity contribution in [1.29, 1.82) is 0 Å². The van der Waals surface area contributed by atoms with E-state index in [9.17, 15) is 9.18 Å². The fourth-order valence-electron chi connectivity index (χ4n) is 2.87. The van der Waals surface area contributed by atoms with Crippen LogP contribution in [0.2, 0.25) is 0 Å². The molecule has 1 amide bonds. The molecule has 0 fully saturated rings. The van der Waals surface area contributed by atoms with Gasteiger partial charge in [-0.15, -0.1) is 0 Å². The van der Waals surface area contributed by atoms with Crippen LogP contribution in [0.25, 0.3) is 0 Å². The van der Waals surface area contributed by atoms with Crippen molar-refractivity contribution in [1.82, 2.24) is 4.98 Å². The van der Waals surface area contributed by atoms with Gasteiger partial charge in [-0.2, -0.15) is 0 Å². The first-order valence-electron chi connectivity index (χ1n) is 8.90. The van der Waals surface area contributed by atoms with Gasteiger partial charge in [0, 0.05) is 36.2 Å². The first-order chi connectivity index (χ1) is 13.1. The molecule has 0 aliphatic heterocycles. The Balaban J connectivity index is 1.77. The molecule has 27 heavy (non-hydrogen) atoms. The van der Waals surface area contributed by atoms with E-state index in [-0.39, 0.29) is 11.7 Å². The van der Waals surface area contributed by atoms with Gasteiger partial charge in [0.05, 0.1) is 0 Å². The second-order valence-corrected chi connectivity index (χ2v) is 6.26. The Morgan fingerprint density at radius 1 is 1.11 bits per heavy atom. The largest absolute Gasteiger partial charge is 0.381 e. The lowest BCUT2D eigenvalue weighted by Crippen LogP contribution is -2.31. The third kappa shape index (κ3) is 4.50. The van der Waals surface area contributed by atoms with Gasteiger partial charge in [0.25, 0.3) is 5.91 Å². The Kier molecular flexibility index (Phi) is 5.81. The summed E-state index contributed by atoms with van der Waals surface area (Å²) < 4.78 is 13.8. The zero-order valence-electron chi connectivity index (χ0n) is 15.4. The van der Waals surface area contributed by atoms with E-state index in [1.54, 1.807) is 41.4 Å². The lowest BCUT2D eigenvalue weighted by molar-refractivity contribution is 0.0983. The minimum Gasteiger partial charge on any atom is -0.381 e. The Bertz CT molecular complexity index is 942. The van der Waals surface area contributed by atoms with Crippen LogP contribution < -0.4 is 10.2 Å². The minimum absolute atomic E-state index is 0.169. The Hall–Kier alpha value is -3.21. The lowest BCUT2D eigenvalue weighted by Gasteiger charge is -2.21. The number of aryl methyl sites for hydroxylation is 1. The number of hydrogen-bond acceptors (Lipinski definition) is 3. The summed E-state index contributed by atoms with van der Waals surface area (Å²) in [5.74, 6) is -0.426. The fourth-order valence-corrected chi connectivity index (χ4v) is 2.87. The summed E-state index contributed by atoms with van der Waals surface area (Å²) >= 11 is 0. The van der Waals surface area contributed by atoms with Gasteiger partial charge >= 0.3 is 0 Å². The topological polar surface area (TPSA) is 45.2 Å². The van der Waals surface area contributed by atoms with Crippen molar-refractivity contribution in [2.75, 3.05) is 16.8 Å². The maximum absolute atomic E-state index is 13.8. The van der Waals surface area contributed by atoms with Crippen LogP contribution in [0.5, 0.6) is 0 Å². The number of nitrogens with one attached hydrogen (secondary N) is 1. The maximum Gasteiger partial charge on any atom is 0.276 e. The summed E-state index contributed by atoms with van der Waals surface area (Å²) in [5, 5.41) is 3.15. The Morgan fingerprint density at radius 3 is 2.67 bits per heavy atom. The molecule has 0 bridgehead atoms. The monoisotopic (exact) mass is 363 g/mol. The van der Waals surface area contributed by atoms with E-state index in [1.807, 2.05) is 38.1 Å². The van der Waals surface area contributed by atoms with Crippen molar-refractivity contribution >= 4 is 17.3 Å². The number of pyridine rings is 1. The summed E-state index contributed by atoms with van der Waals surface area (Å²) in [7, 11) is 0. The molecule has 1 heterocycles. The third-order valence-electron chi connectivity index (χ3n) is 4.29. The zero-order valence-corrected chi connectivity index (χ0v) is 15.4. The van der Waals surface area contributed by atoms with E-state index in [0.717, 1.165) is 16.9 Å². The summed E-state index contributed by atoms with van der Waals surface area (Å²) in [6.45, 7) is 4.80. The smallest absolute Gasteiger partial charge is 0.276 e. The molecule has 0 spiro atoms. The van der Waals surface area contributed by atoms with Crippen molar-refractivity contribution in [3.05, 3.63) is 89.5 Å². The van der Waals surface area contributed by atoms with Crippen molar-refractivity contribution < 1.29 is 9.18 Å². The van der Waals surface area contributed by atoms with E-state index in [4.69, 9.17) is 0 Å². The van der Waals surface area contributed by atoms with Gasteiger partial charge in [-0.05, 0) is 49.7 Å². The highest BCUT2D eigenvalue weighted by Gasteiger charge is 2.18. The highest BCUT2D eigenvalue weighted by molar-refractivity contribution is 6.05. The normalized spacial score (nSPS) is 10.5. The van der Waals surface area contributed by atoms with Crippen molar-refractivity contribution in [3.8, 4) is 0 Å². The molecule has 0 atom stereocenters. The first-order valence-corrected chi connectivity index (χ1v) is 8.90. The number of benzene rings is 2. The van der Waals surface area contributed by atoms with Crippen LogP contribution in [0.15, 0.2) is 66.9 Å². The van der Waals surface area contributed by atoms with Gasteiger partial charge in [-0.25, -0.2) is 4.39 Å². The standard InChI is InChI=1S/C22H22FN3O/c1-3-26(19-9-6-7-16(2)13-19)22(27)21-14-18(11-12-24-21)25-15-17-8-4-5-10-20(17)23/h4-14H,3,15H2,1-2H3,(H,24,25). The number of anilines is 2. The zero-order chi connectivity index (χ0) is 19.2. The van der Waals surface area contributed by atoms with Crippen LogP contribution in [-0.2, 0) is 6.54 Å². The first kappa shape index (κ1) is 18.6. The number of halogens is 1. The number of carbonyl (C=O) groups is 1. The van der Waals surface area contributed by atoms with E-state index in [1.165, 1.54) is 6.07 Å². The summed E-state index contributed by atoms with van der Waals surface area (Å²) in [4.78, 5) is 18.9. The van der Waals surface area contributed by atoms with Gasteiger partial charge in [-0.1, -0.05) is 30.3 Å². The Labute approximate surface area is 158 Å². The molecule has 0 aliphatic rings. The number of nitrogens with zero attached hydrogens (tertiary/aromatic N) is 2. The highest BCUT2D eigenvalue weighted by Crippen LogP contribution is 2.19. The van der Waals surface area contributed by atoms with Crippen molar-refractivity contribution in [2.24, 2.45) is 0 Å². The molecule has 3 rings (SSSR count). The number of carbonyl (C=O) groups excluding carboxylic acids is 1. The molecule has 2 aromatic carbocycles. The predicted molar refractivity (Wildman–Crippen MR) is 106 cm³/mol. The molecule has 5 heteroatoms. The maximum atomic E-state index is 13.8. The van der Waals surface area contributed by atoms with Gasteiger partial charge < -0.3 is 10.2 Å². The third-order valence-corrected chi connectivity index (χ3v) is 4.29. The van der Waals surface area contributed by atoms with Gasteiger partial charge in [0.1, 0.15) is 11.5 Å². The number of rotatable bonds is 6. The fraction of sp³-hybridized carbons (Fsp3) is 0.182. The molecular formula is C22H22FN3O. The van der Waals surface area contributed by atoms with Crippen LogP contribution in [0.4, 0.5) is 15.8 Å². The second kappa shape index (κ2) is 8.45. The molecule has 0 saturated heterocycles. The Morgan fingerprint density at radius 2 is 1.93 bits per heavy atom. The highest BCUT2D eigenvalue weighted by atomic mass is 19.1. The number of hydrogen-bond donors (Lipinski definition) is 1. The molecular weight excluding hydrogens is 341 g/mol. The van der Waals surface area contributed by atoms with Crippen LogP contribution >= 0.6 is 0 Å². The van der Waals surface area contributed by atoms with Crippen LogP contribution in [-0.4, -0.2) is 17.4 Å². The molecule has 0 saturated carbocycles. The molecule has 3 aromatic rings. The van der Waals surface area contributed by atoms with Crippen LogP contribution in [0, 0.1) is 12.7 Å². The lowest BCUT2D eigenvalue weighted by atomic mass is 10.2. The minimum atomic E-state index is -0.257. The predicted octanol–water partition coefficient (Wildman–Crippen LogP) is 4.81. The van der Waals surface area contributed by atoms with Crippen LogP contribution in [0.3, 0.4) is 0 Å². The number of aromatic nitrogens is 1. The average molecular weight is 363 g/mol. The van der Waals surface area contributed by atoms with Gasteiger partial charge in [-0.3, -0.25) is 9.78 Å². The molecule has 1 N–H and O–H groups in total. The summed E-state index contributed by atoms with van der Waals surface area (Å²) in [5.41, 5.74) is 3.56. The van der Waals surface area contributed by atoms with Crippen LogP contribution in [0.1, 0.15) is 28.5 Å². The summed E-state index contributed by atoms with van der Waals surface area (Å²) in [6.07, 6.45) is 1.58. The van der Waals surface area contributed by atoms with E-state index in [2.05, 4.69) is 10.3 Å². The van der Waals surface area contributed by atoms with Crippen molar-refractivity contribution in [2.45, 2.75) is 20.4 Å². The average Bonchev–Trinajstić information content (AvgIpc) is 2.68. The van der Waals surface area contributed by atoms with Crippen molar-refractivity contribution in [3.63, 3.8) is 0 Å². The van der Waals surface area contributed by atoms with E-state index >= 15 is 0 Å².